The Morgan fingerprint density at radius 2 is 2.13 bits per heavy atom. The molecule has 23 heavy (non-hydrogen) atoms. The Balaban J connectivity index is 1.42. The van der Waals surface area contributed by atoms with Crippen LogP contribution in [0.4, 0.5) is 0 Å². The topological polar surface area (TPSA) is 41.6 Å². The molecule has 2 atom stereocenters. The van der Waals surface area contributed by atoms with Crippen molar-refractivity contribution in [2.24, 2.45) is 5.92 Å². The van der Waals surface area contributed by atoms with Crippen LogP contribution in [0.5, 0.6) is 10.8 Å². The third-order valence-corrected chi connectivity index (χ3v) is 6.62. The standard InChI is InChI=1S/C17H20N2O2S2/c1-11-16(12-4-7-19(11)8-5-12)18-17(20)14-2-3-15(23-14)21-13-6-9-22-10-13/h2-3,6,9-12,16H,4-5,7-8H2,1H3,(H,18,20)/t11-,16+/m1/s1. The molecular weight excluding hydrogens is 328 g/mol. The van der Waals surface area contributed by atoms with Gasteiger partial charge in [-0.05, 0) is 62.4 Å². The number of hydrogen-bond donors (Lipinski definition) is 1. The van der Waals surface area contributed by atoms with Crippen LogP contribution in [0.3, 0.4) is 0 Å². The van der Waals surface area contributed by atoms with Gasteiger partial charge >= 0.3 is 0 Å². The SMILES string of the molecule is C[C@@H]1[C@H](NC(=O)c2ccc(Oc3ccsc3)s2)C2CCN1CC2. The summed E-state index contributed by atoms with van der Waals surface area (Å²) in [7, 11) is 0. The molecule has 0 aromatic carbocycles. The van der Waals surface area contributed by atoms with E-state index in [1.165, 1.54) is 37.3 Å². The van der Waals surface area contributed by atoms with Gasteiger partial charge in [0, 0.05) is 17.5 Å². The normalized spacial score (nSPS) is 29.4. The number of carbonyl (C=O) groups excluding carboxylic acids is 1. The van der Waals surface area contributed by atoms with E-state index in [4.69, 9.17) is 4.74 Å². The van der Waals surface area contributed by atoms with Crippen LogP contribution in [0, 0.1) is 5.92 Å². The summed E-state index contributed by atoms with van der Waals surface area (Å²) >= 11 is 3.00. The Kier molecular flexibility index (Phi) is 4.13. The first-order chi connectivity index (χ1) is 11.2. The summed E-state index contributed by atoms with van der Waals surface area (Å²) in [5.41, 5.74) is 0. The predicted octanol–water partition coefficient (Wildman–Crippen LogP) is 3.81. The fourth-order valence-electron chi connectivity index (χ4n) is 3.69. The molecule has 122 valence electrons. The van der Waals surface area contributed by atoms with Gasteiger partial charge in [0.15, 0.2) is 5.06 Å². The predicted molar refractivity (Wildman–Crippen MR) is 93.7 cm³/mol. The lowest BCUT2D eigenvalue weighted by Gasteiger charge is -2.49. The van der Waals surface area contributed by atoms with Crippen LogP contribution in [0.1, 0.15) is 29.4 Å². The molecule has 0 saturated carbocycles. The summed E-state index contributed by atoms with van der Waals surface area (Å²) in [5.74, 6) is 1.48. The molecule has 1 N–H and O–H groups in total. The molecular formula is C17H20N2O2S2. The molecule has 6 heteroatoms. The summed E-state index contributed by atoms with van der Waals surface area (Å²) in [6.45, 7) is 4.58. The van der Waals surface area contributed by atoms with Gasteiger partial charge in [-0.3, -0.25) is 9.69 Å². The van der Waals surface area contributed by atoms with Gasteiger partial charge in [0.25, 0.3) is 5.91 Å². The minimum Gasteiger partial charge on any atom is -0.446 e. The van der Waals surface area contributed by atoms with E-state index in [1.807, 2.05) is 29.0 Å². The maximum Gasteiger partial charge on any atom is 0.261 e. The molecule has 0 unspecified atom stereocenters. The van der Waals surface area contributed by atoms with Crippen LogP contribution in [0.25, 0.3) is 0 Å². The van der Waals surface area contributed by atoms with E-state index in [9.17, 15) is 4.79 Å². The van der Waals surface area contributed by atoms with E-state index in [2.05, 4.69) is 17.1 Å². The number of piperidine rings is 3. The van der Waals surface area contributed by atoms with E-state index in [1.54, 1.807) is 11.3 Å². The molecule has 2 bridgehead atoms. The second-order valence-corrected chi connectivity index (χ2v) is 8.12. The number of fused-ring (bicyclic) bond motifs is 3. The van der Waals surface area contributed by atoms with Crippen molar-refractivity contribution in [1.82, 2.24) is 10.2 Å². The van der Waals surface area contributed by atoms with Gasteiger partial charge in [-0.25, -0.2) is 0 Å². The first-order valence-corrected chi connectivity index (χ1v) is 9.81. The molecule has 2 aromatic rings. The minimum absolute atomic E-state index is 0.0285. The Morgan fingerprint density at radius 1 is 1.30 bits per heavy atom. The summed E-state index contributed by atoms with van der Waals surface area (Å²) in [6, 6.07) is 6.37. The van der Waals surface area contributed by atoms with Gasteiger partial charge in [0.05, 0.1) is 4.88 Å². The molecule has 5 heterocycles. The summed E-state index contributed by atoms with van der Waals surface area (Å²) in [6.07, 6.45) is 2.40. The van der Waals surface area contributed by atoms with Crippen molar-refractivity contribution in [2.75, 3.05) is 13.1 Å². The fraction of sp³-hybridized carbons (Fsp3) is 0.471. The van der Waals surface area contributed by atoms with Crippen molar-refractivity contribution in [2.45, 2.75) is 31.8 Å². The number of nitrogens with zero attached hydrogens (tertiary/aromatic N) is 1. The monoisotopic (exact) mass is 348 g/mol. The van der Waals surface area contributed by atoms with Crippen LogP contribution in [-0.2, 0) is 0 Å². The molecule has 3 saturated heterocycles. The third kappa shape index (κ3) is 3.03. The number of hydrogen-bond acceptors (Lipinski definition) is 5. The molecule has 3 aliphatic rings. The fourth-order valence-corrected chi connectivity index (χ4v) is 5.02. The van der Waals surface area contributed by atoms with Crippen LogP contribution >= 0.6 is 22.7 Å². The van der Waals surface area contributed by atoms with Crippen molar-refractivity contribution in [3.05, 3.63) is 33.8 Å². The van der Waals surface area contributed by atoms with Gasteiger partial charge in [-0.2, -0.15) is 0 Å². The minimum atomic E-state index is 0.0285. The molecule has 3 fully saturated rings. The molecule has 3 aliphatic heterocycles. The van der Waals surface area contributed by atoms with E-state index in [0.717, 1.165) is 15.7 Å². The molecule has 0 aliphatic carbocycles. The molecule has 4 nitrogen and oxygen atoms in total. The van der Waals surface area contributed by atoms with Crippen molar-refractivity contribution in [1.29, 1.82) is 0 Å². The highest BCUT2D eigenvalue weighted by Crippen LogP contribution is 2.34. The average molecular weight is 348 g/mol. The third-order valence-electron chi connectivity index (χ3n) is 4.99. The second kappa shape index (κ2) is 6.26. The molecule has 2 aromatic heterocycles. The zero-order chi connectivity index (χ0) is 15.8. The zero-order valence-electron chi connectivity index (χ0n) is 13.0. The maximum atomic E-state index is 12.6. The van der Waals surface area contributed by atoms with Crippen LogP contribution in [0.2, 0.25) is 0 Å². The highest BCUT2D eigenvalue weighted by atomic mass is 32.1. The van der Waals surface area contributed by atoms with E-state index < -0.39 is 0 Å². The van der Waals surface area contributed by atoms with E-state index in [0.29, 0.717) is 12.0 Å². The van der Waals surface area contributed by atoms with Gasteiger partial charge < -0.3 is 10.1 Å². The Bertz CT molecular complexity index is 673. The molecule has 0 spiro atoms. The van der Waals surface area contributed by atoms with E-state index >= 15 is 0 Å². The lowest BCUT2D eigenvalue weighted by molar-refractivity contribution is 0.0218. The number of carbonyl (C=O) groups is 1. The van der Waals surface area contributed by atoms with Crippen LogP contribution < -0.4 is 10.1 Å². The van der Waals surface area contributed by atoms with Crippen molar-refractivity contribution >= 4 is 28.6 Å². The van der Waals surface area contributed by atoms with E-state index in [-0.39, 0.29) is 11.9 Å². The smallest absolute Gasteiger partial charge is 0.261 e. The first kappa shape index (κ1) is 15.2. The second-order valence-electron chi connectivity index (χ2n) is 6.29. The number of rotatable bonds is 4. The van der Waals surface area contributed by atoms with Crippen molar-refractivity contribution < 1.29 is 9.53 Å². The number of nitrogens with one attached hydrogen (secondary N) is 1. The largest absolute Gasteiger partial charge is 0.446 e. The van der Waals surface area contributed by atoms with Gasteiger partial charge in [-0.1, -0.05) is 11.3 Å². The van der Waals surface area contributed by atoms with Crippen molar-refractivity contribution in [3.8, 4) is 10.8 Å². The van der Waals surface area contributed by atoms with Gasteiger partial charge in [-0.15, -0.1) is 11.3 Å². The highest BCUT2D eigenvalue weighted by molar-refractivity contribution is 7.15. The molecule has 0 radical (unpaired) electrons. The number of ether oxygens (including phenoxy) is 1. The highest BCUT2D eigenvalue weighted by Gasteiger charge is 2.40. The molecule has 1 amide bonds. The van der Waals surface area contributed by atoms with Crippen LogP contribution in [-0.4, -0.2) is 36.0 Å². The summed E-state index contributed by atoms with van der Waals surface area (Å²) in [4.78, 5) is 15.8. The maximum absolute atomic E-state index is 12.6. The average Bonchev–Trinajstić information content (AvgIpc) is 3.23. The van der Waals surface area contributed by atoms with Crippen LogP contribution in [0.15, 0.2) is 29.0 Å². The number of amides is 1. The molecule has 5 rings (SSSR count). The van der Waals surface area contributed by atoms with Gasteiger partial charge in [0.2, 0.25) is 0 Å². The summed E-state index contributed by atoms with van der Waals surface area (Å²) in [5, 5.41) is 7.95. The zero-order valence-corrected chi connectivity index (χ0v) is 14.7. The quantitative estimate of drug-likeness (QED) is 0.913. The van der Waals surface area contributed by atoms with Crippen molar-refractivity contribution in [3.63, 3.8) is 0 Å². The Labute approximate surface area is 144 Å². The number of thiophene rings is 2. The Hall–Kier alpha value is -1.37. The Morgan fingerprint density at radius 3 is 2.83 bits per heavy atom. The lowest BCUT2D eigenvalue weighted by atomic mass is 9.79. The first-order valence-electron chi connectivity index (χ1n) is 8.05. The van der Waals surface area contributed by atoms with Gasteiger partial charge in [0.1, 0.15) is 5.75 Å². The summed E-state index contributed by atoms with van der Waals surface area (Å²) < 4.78 is 5.75. The lowest BCUT2D eigenvalue weighted by Crippen LogP contribution is -2.62.